The van der Waals surface area contributed by atoms with E-state index in [9.17, 15) is 9.90 Å². The molecule has 1 aromatic rings. The van der Waals surface area contributed by atoms with Crippen molar-refractivity contribution in [1.82, 2.24) is 0 Å². The summed E-state index contributed by atoms with van der Waals surface area (Å²) in [5.74, 6) is -0.825. The maximum absolute atomic E-state index is 10.7. The van der Waals surface area contributed by atoms with Crippen molar-refractivity contribution in [2.24, 2.45) is 0 Å². The molecule has 0 aliphatic heterocycles. The van der Waals surface area contributed by atoms with Crippen LogP contribution in [0.4, 0.5) is 0 Å². The number of fused-ring (bicyclic) bond motifs is 1. The lowest BCUT2D eigenvalue weighted by Crippen LogP contribution is -2.24. The zero-order valence-corrected chi connectivity index (χ0v) is 9.12. The van der Waals surface area contributed by atoms with Crippen LogP contribution < -0.4 is 5.11 Å². The van der Waals surface area contributed by atoms with E-state index in [4.69, 9.17) is 0 Å². The smallest absolute Gasteiger partial charge is 0.0420 e. The summed E-state index contributed by atoms with van der Waals surface area (Å²) in [7, 11) is 0. The molecule has 1 aliphatic carbocycles. The van der Waals surface area contributed by atoms with Crippen molar-refractivity contribution in [3.05, 3.63) is 35.4 Å². The summed E-state index contributed by atoms with van der Waals surface area (Å²) in [5, 5.41) is 10.7. The van der Waals surface area contributed by atoms with E-state index >= 15 is 0 Å². The quantitative estimate of drug-likeness (QED) is 0.732. The van der Waals surface area contributed by atoms with Gasteiger partial charge >= 0.3 is 0 Å². The molecule has 0 saturated heterocycles. The third kappa shape index (κ3) is 1.76. The summed E-state index contributed by atoms with van der Waals surface area (Å²) in [6.07, 6.45) is 1.04. The topological polar surface area (TPSA) is 40.1 Å². The van der Waals surface area contributed by atoms with E-state index in [1.54, 1.807) is 0 Å². The number of carboxylic acids is 1. The van der Waals surface area contributed by atoms with E-state index in [0.29, 0.717) is 0 Å². The number of hydrogen-bond donors (Lipinski definition) is 0. The number of carboxylic acid groups (broad SMARTS) is 1. The molecule has 0 fully saturated rings. The van der Waals surface area contributed by atoms with Crippen LogP contribution in [-0.4, -0.2) is 5.97 Å². The number of aliphatic carboxylic acids is 1. The summed E-state index contributed by atoms with van der Waals surface area (Å²) < 4.78 is 0. The van der Waals surface area contributed by atoms with E-state index in [1.165, 1.54) is 11.1 Å². The fraction of sp³-hybridized carbons (Fsp3) is 0.462. The predicted octanol–water partition coefficient (Wildman–Crippen LogP) is 1.59. The van der Waals surface area contributed by atoms with Gasteiger partial charge in [0.1, 0.15) is 0 Å². The molecule has 2 heteroatoms. The van der Waals surface area contributed by atoms with Crippen LogP contribution in [-0.2, 0) is 10.2 Å². The van der Waals surface area contributed by atoms with E-state index in [-0.39, 0.29) is 17.8 Å². The molecule has 2 rings (SSSR count). The Morgan fingerprint density at radius 3 is 2.80 bits per heavy atom. The highest BCUT2D eigenvalue weighted by atomic mass is 16.4. The first kappa shape index (κ1) is 10.2. The Hall–Kier alpha value is -1.31. The highest BCUT2D eigenvalue weighted by Gasteiger charge is 2.35. The average Bonchev–Trinajstić information content (AvgIpc) is 2.39. The molecular weight excluding hydrogens is 188 g/mol. The molecule has 1 aliphatic rings. The van der Waals surface area contributed by atoms with Crippen molar-refractivity contribution in [2.75, 3.05) is 0 Å². The van der Waals surface area contributed by atoms with Crippen molar-refractivity contribution >= 4 is 5.97 Å². The summed E-state index contributed by atoms with van der Waals surface area (Å²) in [4.78, 5) is 10.7. The Morgan fingerprint density at radius 2 is 2.13 bits per heavy atom. The van der Waals surface area contributed by atoms with Crippen LogP contribution in [0.3, 0.4) is 0 Å². The lowest BCUT2D eigenvalue weighted by atomic mass is 9.86. The summed E-state index contributed by atoms with van der Waals surface area (Å²) in [6, 6.07) is 8.13. The molecule has 2 nitrogen and oxygen atoms in total. The number of carbonyl (C=O) groups excluding carboxylic acids is 1. The minimum Gasteiger partial charge on any atom is -0.550 e. The first-order valence-electron chi connectivity index (χ1n) is 5.30. The van der Waals surface area contributed by atoms with E-state index in [1.807, 2.05) is 18.2 Å². The van der Waals surface area contributed by atoms with Gasteiger partial charge in [-0.1, -0.05) is 38.1 Å². The molecule has 0 heterocycles. The predicted molar refractivity (Wildman–Crippen MR) is 56.5 cm³/mol. The second-order valence-corrected chi connectivity index (χ2v) is 4.95. The van der Waals surface area contributed by atoms with Crippen LogP contribution in [0.1, 0.15) is 43.7 Å². The van der Waals surface area contributed by atoms with Crippen molar-refractivity contribution in [3.63, 3.8) is 0 Å². The lowest BCUT2D eigenvalue weighted by molar-refractivity contribution is -0.306. The highest BCUT2D eigenvalue weighted by molar-refractivity contribution is 5.66. The molecule has 1 aromatic carbocycles. The van der Waals surface area contributed by atoms with Gasteiger partial charge in [-0.05, 0) is 35.3 Å². The second kappa shape index (κ2) is 3.37. The molecule has 0 bridgehead atoms. The van der Waals surface area contributed by atoms with Gasteiger partial charge in [0.05, 0.1) is 0 Å². The monoisotopic (exact) mass is 203 g/mol. The summed E-state index contributed by atoms with van der Waals surface area (Å²) in [5.41, 5.74) is 2.57. The van der Waals surface area contributed by atoms with Crippen LogP contribution in [0.25, 0.3) is 0 Å². The standard InChI is InChI=1S/C13H16O2/c1-13(2)8-9(7-12(14)15)10-5-3-4-6-11(10)13/h3-6,9H,7-8H2,1-2H3,(H,14,15)/p-1. The van der Waals surface area contributed by atoms with Crippen LogP contribution >= 0.6 is 0 Å². The number of rotatable bonds is 2. The normalized spacial score (nSPS) is 22.4. The summed E-state index contributed by atoms with van der Waals surface area (Å²) in [6.45, 7) is 4.34. The van der Waals surface area contributed by atoms with Gasteiger partial charge in [-0.2, -0.15) is 0 Å². The number of hydrogen-bond acceptors (Lipinski definition) is 2. The van der Waals surface area contributed by atoms with Crippen LogP contribution in [0.5, 0.6) is 0 Å². The molecule has 15 heavy (non-hydrogen) atoms. The second-order valence-electron chi connectivity index (χ2n) is 4.95. The maximum Gasteiger partial charge on any atom is 0.0420 e. The third-order valence-electron chi connectivity index (χ3n) is 3.30. The van der Waals surface area contributed by atoms with Crippen LogP contribution in [0.15, 0.2) is 24.3 Å². The SMILES string of the molecule is CC1(C)CC(CC(=O)[O-])c2ccccc21. The molecule has 80 valence electrons. The summed E-state index contributed by atoms with van der Waals surface area (Å²) >= 11 is 0. The Labute approximate surface area is 89.9 Å². The maximum atomic E-state index is 10.7. The van der Waals surface area contributed by atoms with Gasteiger partial charge in [-0.15, -0.1) is 0 Å². The average molecular weight is 203 g/mol. The van der Waals surface area contributed by atoms with Crippen LogP contribution in [0.2, 0.25) is 0 Å². The first-order valence-corrected chi connectivity index (χ1v) is 5.30. The van der Waals surface area contributed by atoms with Gasteiger partial charge in [-0.25, -0.2) is 0 Å². The fourth-order valence-corrected chi connectivity index (χ4v) is 2.69. The minimum absolute atomic E-state index is 0.0940. The Bertz CT molecular complexity index is 393. The Kier molecular flexibility index (Phi) is 2.29. The molecule has 1 unspecified atom stereocenters. The van der Waals surface area contributed by atoms with Crippen molar-refractivity contribution in [3.8, 4) is 0 Å². The lowest BCUT2D eigenvalue weighted by Gasteiger charge is -2.19. The van der Waals surface area contributed by atoms with Gasteiger partial charge in [0, 0.05) is 5.97 Å². The molecule has 0 aromatic heterocycles. The largest absolute Gasteiger partial charge is 0.550 e. The zero-order valence-electron chi connectivity index (χ0n) is 9.12. The molecule has 0 spiro atoms. The Morgan fingerprint density at radius 1 is 1.47 bits per heavy atom. The zero-order chi connectivity index (χ0) is 11.1. The van der Waals surface area contributed by atoms with E-state index in [0.717, 1.165) is 6.42 Å². The van der Waals surface area contributed by atoms with Gasteiger partial charge in [0.25, 0.3) is 0 Å². The molecule has 1 atom stereocenters. The fourth-order valence-electron chi connectivity index (χ4n) is 2.69. The molecular formula is C13H15O2-. The van der Waals surface area contributed by atoms with Gasteiger partial charge < -0.3 is 9.90 Å². The molecule has 0 N–H and O–H groups in total. The first-order chi connectivity index (χ1) is 7.00. The van der Waals surface area contributed by atoms with Crippen LogP contribution in [0, 0.1) is 0 Å². The Balaban J connectivity index is 2.38. The molecule has 0 saturated carbocycles. The van der Waals surface area contributed by atoms with Crippen molar-refractivity contribution in [2.45, 2.75) is 38.0 Å². The van der Waals surface area contributed by atoms with Gasteiger partial charge in [-0.3, -0.25) is 0 Å². The van der Waals surface area contributed by atoms with Crippen molar-refractivity contribution < 1.29 is 9.90 Å². The van der Waals surface area contributed by atoms with Gasteiger partial charge in [0.15, 0.2) is 0 Å². The van der Waals surface area contributed by atoms with Crippen molar-refractivity contribution in [1.29, 1.82) is 0 Å². The molecule has 0 radical (unpaired) electrons. The van der Waals surface area contributed by atoms with E-state index < -0.39 is 5.97 Å². The number of carbonyl (C=O) groups is 1. The highest BCUT2D eigenvalue weighted by Crippen LogP contribution is 2.46. The van der Waals surface area contributed by atoms with E-state index in [2.05, 4.69) is 19.9 Å². The third-order valence-corrected chi connectivity index (χ3v) is 3.30. The van der Waals surface area contributed by atoms with Gasteiger partial charge in [0.2, 0.25) is 0 Å². The number of benzene rings is 1. The molecule has 0 amide bonds. The minimum atomic E-state index is -0.951.